The fraction of sp³-hybridized carbons (Fsp3) is 0.400. The third kappa shape index (κ3) is 6.35. The fourth-order valence-electron chi connectivity index (χ4n) is 6.04. The Balaban J connectivity index is 1.37. The summed E-state index contributed by atoms with van der Waals surface area (Å²) in [4.78, 5) is 17.2. The molecule has 3 atom stereocenters. The van der Waals surface area contributed by atoms with Crippen molar-refractivity contribution >= 4 is 21.6 Å². The van der Waals surface area contributed by atoms with Gasteiger partial charge in [0.05, 0.1) is 29.4 Å². The number of pyridine rings is 1. The number of aromatic nitrogens is 1. The van der Waals surface area contributed by atoms with Crippen molar-refractivity contribution in [2.24, 2.45) is 5.92 Å². The second kappa shape index (κ2) is 12.1. The number of rotatable bonds is 10. The van der Waals surface area contributed by atoms with Crippen LogP contribution in [0.3, 0.4) is 0 Å². The Kier molecular flexibility index (Phi) is 8.68. The molecular weight excluding hydrogens is 572 g/mol. The van der Waals surface area contributed by atoms with Crippen LogP contribution in [0.25, 0.3) is 0 Å². The van der Waals surface area contributed by atoms with Crippen LogP contribution >= 0.6 is 0 Å². The number of nitrogens with zero attached hydrogens (tertiary/aromatic N) is 2. The maximum absolute atomic E-state index is 15.1. The average molecular weight is 605 g/mol. The number of halogens is 4. The summed E-state index contributed by atoms with van der Waals surface area (Å²) >= 11 is 0. The SMILES string of the molecule is CCCS(=O)(=O)N1CCNC[C@]12C[C@H]2Cc1c(F)cncc1NC(=O)C[C@@H](c1ccc(F)cc1)c1cc(F)cc(F)c1. The molecule has 1 amide bonds. The molecule has 2 aliphatic rings. The molecule has 1 saturated heterocycles. The fourth-order valence-corrected chi connectivity index (χ4v) is 7.99. The van der Waals surface area contributed by atoms with E-state index in [1.807, 2.05) is 6.92 Å². The number of carbonyl (C=O) groups excluding carboxylic acids is 1. The lowest BCUT2D eigenvalue weighted by Crippen LogP contribution is -2.57. The van der Waals surface area contributed by atoms with Gasteiger partial charge in [-0.2, -0.15) is 4.31 Å². The predicted molar refractivity (Wildman–Crippen MR) is 150 cm³/mol. The lowest BCUT2D eigenvalue weighted by Gasteiger charge is -2.37. The minimum absolute atomic E-state index is 0.0385. The Bertz CT molecular complexity index is 1550. The standard InChI is InChI=1S/C30H32F4N4O3S/c1-2-9-42(40,41)38-8-7-35-18-30(38)15-21(30)12-26-27(34)16-36-17-28(26)37-29(39)14-25(19-3-5-22(31)6-4-19)20-10-23(32)13-24(33)11-20/h3-6,10-11,13,16-17,21,25,35H,2,7-9,12,14-15,18H2,1H3,(H,37,39)/t21-,25+,30+/m1/s1. The highest BCUT2D eigenvalue weighted by Crippen LogP contribution is 2.52. The molecule has 1 aromatic heterocycles. The number of nitrogens with one attached hydrogen (secondary N) is 2. The molecule has 2 heterocycles. The Morgan fingerprint density at radius 3 is 2.48 bits per heavy atom. The highest BCUT2D eigenvalue weighted by Gasteiger charge is 2.61. The van der Waals surface area contributed by atoms with E-state index in [4.69, 9.17) is 0 Å². The second-order valence-electron chi connectivity index (χ2n) is 11.0. The highest BCUT2D eigenvalue weighted by atomic mass is 32.2. The van der Waals surface area contributed by atoms with Crippen LogP contribution in [0.5, 0.6) is 0 Å². The van der Waals surface area contributed by atoms with Crippen molar-refractivity contribution in [3.8, 4) is 0 Å². The van der Waals surface area contributed by atoms with Crippen molar-refractivity contribution in [2.45, 2.75) is 44.1 Å². The maximum Gasteiger partial charge on any atom is 0.225 e. The smallest absolute Gasteiger partial charge is 0.225 e. The van der Waals surface area contributed by atoms with Gasteiger partial charge < -0.3 is 10.6 Å². The number of hydrogen-bond donors (Lipinski definition) is 2. The largest absolute Gasteiger partial charge is 0.324 e. The van der Waals surface area contributed by atoms with Gasteiger partial charge in [-0.3, -0.25) is 9.78 Å². The zero-order valence-electron chi connectivity index (χ0n) is 23.0. The van der Waals surface area contributed by atoms with Crippen molar-refractivity contribution in [3.63, 3.8) is 0 Å². The van der Waals surface area contributed by atoms with Crippen LogP contribution in [0, 0.1) is 29.2 Å². The van der Waals surface area contributed by atoms with Gasteiger partial charge in [0.2, 0.25) is 15.9 Å². The van der Waals surface area contributed by atoms with Crippen molar-refractivity contribution in [3.05, 3.63) is 94.8 Å². The molecule has 3 aromatic rings. The highest BCUT2D eigenvalue weighted by molar-refractivity contribution is 7.89. The first-order valence-electron chi connectivity index (χ1n) is 13.9. The van der Waals surface area contributed by atoms with E-state index in [0.717, 1.165) is 24.4 Å². The summed E-state index contributed by atoms with van der Waals surface area (Å²) in [6.45, 7) is 3.14. The Morgan fingerprint density at radius 2 is 1.79 bits per heavy atom. The van der Waals surface area contributed by atoms with Crippen molar-refractivity contribution in [2.75, 3.05) is 30.7 Å². The molecule has 1 spiro atoms. The van der Waals surface area contributed by atoms with Gasteiger partial charge in [0.15, 0.2) is 0 Å². The van der Waals surface area contributed by atoms with Gasteiger partial charge in [-0.1, -0.05) is 19.1 Å². The third-order valence-corrected chi connectivity index (χ3v) is 10.2. The van der Waals surface area contributed by atoms with Gasteiger partial charge in [0.25, 0.3) is 0 Å². The first-order valence-corrected chi connectivity index (χ1v) is 15.5. The van der Waals surface area contributed by atoms with E-state index < -0.39 is 50.7 Å². The van der Waals surface area contributed by atoms with E-state index >= 15 is 4.39 Å². The molecule has 0 unspecified atom stereocenters. The van der Waals surface area contributed by atoms with Crippen molar-refractivity contribution in [1.82, 2.24) is 14.6 Å². The van der Waals surface area contributed by atoms with Gasteiger partial charge in [0.1, 0.15) is 23.3 Å². The monoisotopic (exact) mass is 604 g/mol. The van der Waals surface area contributed by atoms with Gasteiger partial charge in [-0.15, -0.1) is 0 Å². The molecule has 0 bridgehead atoms. The summed E-state index contributed by atoms with van der Waals surface area (Å²) in [5.41, 5.74) is 0.335. The molecular formula is C30H32F4N4O3S. The number of hydrogen-bond acceptors (Lipinski definition) is 5. The minimum atomic E-state index is -3.48. The first kappa shape index (κ1) is 30.1. The van der Waals surface area contributed by atoms with Gasteiger partial charge in [0, 0.05) is 43.6 Å². The molecule has 2 fully saturated rings. The van der Waals surface area contributed by atoms with Crippen LogP contribution in [-0.2, 0) is 21.2 Å². The number of anilines is 1. The third-order valence-electron chi connectivity index (χ3n) is 8.10. The van der Waals surface area contributed by atoms with Crippen LogP contribution in [0.15, 0.2) is 54.9 Å². The van der Waals surface area contributed by atoms with Crippen LogP contribution in [-0.4, -0.2) is 54.5 Å². The van der Waals surface area contributed by atoms with E-state index in [-0.39, 0.29) is 41.3 Å². The molecule has 2 aromatic carbocycles. The van der Waals surface area contributed by atoms with Gasteiger partial charge >= 0.3 is 0 Å². The molecule has 42 heavy (non-hydrogen) atoms. The van der Waals surface area contributed by atoms with Gasteiger partial charge in [-0.25, -0.2) is 26.0 Å². The molecule has 5 rings (SSSR count). The molecule has 12 heteroatoms. The minimum Gasteiger partial charge on any atom is -0.324 e. The Morgan fingerprint density at radius 1 is 1.07 bits per heavy atom. The number of piperazine rings is 1. The van der Waals surface area contributed by atoms with E-state index in [1.165, 1.54) is 30.5 Å². The number of benzene rings is 2. The van der Waals surface area contributed by atoms with E-state index in [9.17, 15) is 26.4 Å². The average Bonchev–Trinajstić information content (AvgIpc) is 3.60. The van der Waals surface area contributed by atoms with Crippen LogP contribution in [0.4, 0.5) is 23.2 Å². The normalized spacial score (nSPS) is 21.3. The van der Waals surface area contributed by atoms with Crippen LogP contribution < -0.4 is 10.6 Å². The lowest BCUT2D eigenvalue weighted by atomic mass is 9.88. The van der Waals surface area contributed by atoms with Crippen LogP contribution in [0.1, 0.15) is 48.8 Å². The predicted octanol–water partition coefficient (Wildman–Crippen LogP) is 4.74. The molecule has 7 nitrogen and oxygen atoms in total. The number of amides is 1. The molecule has 2 N–H and O–H groups in total. The summed E-state index contributed by atoms with van der Waals surface area (Å²) < 4.78 is 84.5. The topological polar surface area (TPSA) is 91.4 Å². The second-order valence-corrected chi connectivity index (χ2v) is 13.0. The summed E-state index contributed by atoms with van der Waals surface area (Å²) in [5.74, 6) is -4.31. The van der Waals surface area contributed by atoms with E-state index in [2.05, 4.69) is 15.6 Å². The van der Waals surface area contributed by atoms with Crippen molar-refractivity contribution < 1.29 is 30.8 Å². The summed E-state index contributed by atoms with van der Waals surface area (Å²) in [6.07, 6.45) is 3.32. The molecule has 1 aliphatic carbocycles. The first-order chi connectivity index (χ1) is 20.0. The number of carbonyl (C=O) groups is 1. The zero-order valence-corrected chi connectivity index (χ0v) is 23.9. The molecule has 0 radical (unpaired) electrons. The van der Waals surface area contributed by atoms with Crippen molar-refractivity contribution in [1.29, 1.82) is 0 Å². The molecule has 1 aliphatic heterocycles. The zero-order chi connectivity index (χ0) is 30.1. The summed E-state index contributed by atoms with van der Waals surface area (Å²) in [5, 5.41) is 5.96. The Labute approximate surface area is 242 Å². The van der Waals surface area contributed by atoms with Gasteiger partial charge in [-0.05, 0) is 60.6 Å². The number of sulfonamides is 1. The van der Waals surface area contributed by atoms with Crippen LogP contribution in [0.2, 0.25) is 0 Å². The lowest BCUT2D eigenvalue weighted by molar-refractivity contribution is -0.116. The summed E-state index contributed by atoms with van der Waals surface area (Å²) in [7, 11) is -3.48. The Hall–Kier alpha value is -3.35. The summed E-state index contributed by atoms with van der Waals surface area (Å²) in [6, 6.07) is 8.21. The molecule has 1 saturated carbocycles. The molecule has 224 valence electrons. The van der Waals surface area contributed by atoms with E-state index in [1.54, 1.807) is 4.31 Å². The van der Waals surface area contributed by atoms with E-state index in [0.29, 0.717) is 38.0 Å². The maximum atomic E-state index is 15.1. The quantitative estimate of drug-likeness (QED) is 0.326.